The minimum absolute atomic E-state index is 0.125. The van der Waals surface area contributed by atoms with E-state index < -0.39 is 0 Å². The van der Waals surface area contributed by atoms with Crippen molar-refractivity contribution in [3.8, 4) is 11.5 Å². The first-order chi connectivity index (χ1) is 9.17. The molecule has 1 aromatic heterocycles. The minimum Gasteiger partial charge on any atom is -0.456 e. The predicted molar refractivity (Wildman–Crippen MR) is 77.5 cm³/mol. The number of hydrogen-bond acceptors (Lipinski definition) is 3. The Morgan fingerprint density at radius 1 is 1.16 bits per heavy atom. The average molecular weight is 256 g/mol. The van der Waals surface area contributed by atoms with Gasteiger partial charge in [-0.2, -0.15) is 0 Å². The summed E-state index contributed by atoms with van der Waals surface area (Å²) >= 11 is 0. The fraction of sp³-hybridized carbons (Fsp3) is 0.312. The van der Waals surface area contributed by atoms with E-state index in [1.165, 1.54) is 5.56 Å². The summed E-state index contributed by atoms with van der Waals surface area (Å²) in [6, 6.07) is 10.2. The fourth-order valence-electron chi connectivity index (χ4n) is 1.97. The summed E-state index contributed by atoms with van der Waals surface area (Å²) in [6.07, 6.45) is 5.36. The van der Waals surface area contributed by atoms with E-state index in [4.69, 9.17) is 10.5 Å². The van der Waals surface area contributed by atoms with Crippen molar-refractivity contribution < 1.29 is 4.74 Å². The Balaban J connectivity index is 2.13. The molecule has 0 aliphatic carbocycles. The summed E-state index contributed by atoms with van der Waals surface area (Å²) in [7, 11) is 0. The second-order valence-corrected chi connectivity index (χ2v) is 4.81. The summed E-state index contributed by atoms with van der Waals surface area (Å²) in [5.41, 5.74) is 8.15. The molecule has 100 valence electrons. The summed E-state index contributed by atoms with van der Waals surface area (Å²) in [5.74, 6) is 1.60. The fourth-order valence-corrected chi connectivity index (χ4v) is 1.97. The molecule has 0 fully saturated rings. The highest BCUT2D eigenvalue weighted by atomic mass is 16.5. The second kappa shape index (κ2) is 6.34. The Hall–Kier alpha value is -1.87. The van der Waals surface area contributed by atoms with Gasteiger partial charge in [0.25, 0.3) is 0 Å². The van der Waals surface area contributed by atoms with Crippen LogP contribution in [-0.2, 0) is 12.8 Å². The molecule has 0 amide bonds. The van der Waals surface area contributed by atoms with Crippen molar-refractivity contribution in [2.24, 2.45) is 5.73 Å². The Morgan fingerprint density at radius 3 is 2.68 bits per heavy atom. The molecule has 2 rings (SSSR count). The molecule has 1 atom stereocenters. The lowest BCUT2D eigenvalue weighted by Crippen LogP contribution is -2.17. The molecule has 2 aromatic rings. The maximum atomic E-state index is 5.84. The van der Waals surface area contributed by atoms with Crippen LogP contribution in [0.5, 0.6) is 11.5 Å². The van der Waals surface area contributed by atoms with E-state index in [0.29, 0.717) is 0 Å². The monoisotopic (exact) mass is 256 g/mol. The molecule has 0 saturated heterocycles. The van der Waals surface area contributed by atoms with Gasteiger partial charge in [-0.3, -0.25) is 4.98 Å². The molecule has 3 nitrogen and oxygen atoms in total. The number of benzene rings is 1. The highest BCUT2D eigenvalue weighted by molar-refractivity contribution is 5.34. The van der Waals surface area contributed by atoms with E-state index in [2.05, 4.69) is 24.0 Å². The molecule has 2 N–H and O–H groups in total. The van der Waals surface area contributed by atoms with Crippen molar-refractivity contribution in [2.45, 2.75) is 32.7 Å². The third-order valence-corrected chi connectivity index (χ3v) is 2.87. The minimum atomic E-state index is 0.125. The summed E-state index contributed by atoms with van der Waals surface area (Å²) < 4.78 is 5.84. The Kier molecular flexibility index (Phi) is 4.53. The van der Waals surface area contributed by atoms with Gasteiger partial charge in [0.15, 0.2) is 0 Å². The number of aryl methyl sites for hydroxylation is 1. The molecular formula is C16H20N2O. The van der Waals surface area contributed by atoms with Gasteiger partial charge in [-0.05, 0) is 49.1 Å². The lowest BCUT2D eigenvalue weighted by Gasteiger charge is -2.09. The standard InChI is InChI=1S/C16H20N2O/c1-3-13-5-4-6-15(8-13)19-16-9-14(7-12(2)17)10-18-11-16/h4-6,8-12H,3,7,17H2,1-2H3. The van der Waals surface area contributed by atoms with Crippen LogP contribution in [0.15, 0.2) is 42.7 Å². The molecule has 3 heteroatoms. The number of aromatic nitrogens is 1. The van der Waals surface area contributed by atoms with Crippen LogP contribution in [0.4, 0.5) is 0 Å². The van der Waals surface area contributed by atoms with Crippen molar-refractivity contribution in [1.82, 2.24) is 4.98 Å². The van der Waals surface area contributed by atoms with Gasteiger partial charge in [0.2, 0.25) is 0 Å². The van der Waals surface area contributed by atoms with Gasteiger partial charge >= 0.3 is 0 Å². The Bertz CT molecular complexity index is 538. The molecule has 1 unspecified atom stereocenters. The summed E-state index contributed by atoms with van der Waals surface area (Å²) in [5, 5.41) is 0. The van der Waals surface area contributed by atoms with Crippen LogP contribution in [0.1, 0.15) is 25.0 Å². The van der Waals surface area contributed by atoms with Gasteiger partial charge in [-0.15, -0.1) is 0 Å². The Morgan fingerprint density at radius 2 is 1.95 bits per heavy atom. The Labute approximate surface area is 114 Å². The van der Waals surface area contributed by atoms with Crippen molar-refractivity contribution >= 4 is 0 Å². The van der Waals surface area contributed by atoms with Crippen LogP contribution < -0.4 is 10.5 Å². The maximum absolute atomic E-state index is 5.84. The number of nitrogens with two attached hydrogens (primary N) is 1. The zero-order chi connectivity index (χ0) is 13.7. The zero-order valence-electron chi connectivity index (χ0n) is 11.5. The van der Waals surface area contributed by atoms with Gasteiger partial charge in [-0.1, -0.05) is 19.1 Å². The number of ether oxygens (including phenoxy) is 1. The third kappa shape index (κ3) is 4.07. The quantitative estimate of drug-likeness (QED) is 0.892. The first-order valence-corrected chi connectivity index (χ1v) is 6.63. The van der Waals surface area contributed by atoms with Crippen LogP contribution in [-0.4, -0.2) is 11.0 Å². The van der Waals surface area contributed by atoms with Gasteiger partial charge in [-0.25, -0.2) is 0 Å². The summed E-state index contributed by atoms with van der Waals surface area (Å²) in [6.45, 7) is 4.11. The van der Waals surface area contributed by atoms with Gasteiger partial charge in [0.05, 0.1) is 6.20 Å². The number of rotatable bonds is 5. The molecule has 0 aliphatic rings. The van der Waals surface area contributed by atoms with E-state index in [0.717, 1.165) is 29.9 Å². The third-order valence-electron chi connectivity index (χ3n) is 2.87. The van der Waals surface area contributed by atoms with Crippen LogP contribution in [0, 0.1) is 0 Å². The van der Waals surface area contributed by atoms with Gasteiger partial charge < -0.3 is 10.5 Å². The molecule has 19 heavy (non-hydrogen) atoms. The van der Waals surface area contributed by atoms with E-state index in [1.807, 2.05) is 31.3 Å². The van der Waals surface area contributed by atoms with Gasteiger partial charge in [0, 0.05) is 12.2 Å². The van der Waals surface area contributed by atoms with Crippen molar-refractivity contribution in [3.05, 3.63) is 53.9 Å². The van der Waals surface area contributed by atoms with E-state index >= 15 is 0 Å². The van der Waals surface area contributed by atoms with E-state index in [1.54, 1.807) is 6.20 Å². The number of pyridine rings is 1. The number of hydrogen-bond donors (Lipinski definition) is 1. The van der Waals surface area contributed by atoms with Crippen molar-refractivity contribution in [1.29, 1.82) is 0 Å². The average Bonchev–Trinajstić information content (AvgIpc) is 2.38. The topological polar surface area (TPSA) is 48.1 Å². The normalized spacial score (nSPS) is 12.2. The number of nitrogens with zero attached hydrogens (tertiary/aromatic N) is 1. The smallest absolute Gasteiger partial charge is 0.145 e. The summed E-state index contributed by atoms with van der Waals surface area (Å²) in [4.78, 5) is 4.20. The lowest BCUT2D eigenvalue weighted by atomic mass is 10.1. The van der Waals surface area contributed by atoms with Crippen LogP contribution >= 0.6 is 0 Å². The lowest BCUT2D eigenvalue weighted by molar-refractivity contribution is 0.478. The maximum Gasteiger partial charge on any atom is 0.145 e. The van der Waals surface area contributed by atoms with E-state index in [-0.39, 0.29) is 6.04 Å². The molecule has 0 aliphatic heterocycles. The second-order valence-electron chi connectivity index (χ2n) is 4.81. The van der Waals surface area contributed by atoms with Crippen LogP contribution in [0.3, 0.4) is 0 Å². The molecule has 0 bridgehead atoms. The molecule has 1 heterocycles. The van der Waals surface area contributed by atoms with E-state index in [9.17, 15) is 0 Å². The molecular weight excluding hydrogens is 236 g/mol. The molecule has 0 saturated carbocycles. The molecule has 0 radical (unpaired) electrons. The van der Waals surface area contributed by atoms with Crippen LogP contribution in [0.25, 0.3) is 0 Å². The van der Waals surface area contributed by atoms with Crippen LogP contribution in [0.2, 0.25) is 0 Å². The van der Waals surface area contributed by atoms with Crippen molar-refractivity contribution in [2.75, 3.05) is 0 Å². The molecule has 1 aromatic carbocycles. The molecule has 0 spiro atoms. The zero-order valence-corrected chi connectivity index (χ0v) is 11.5. The highest BCUT2D eigenvalue weighted by Gasteiger charge is 2.03. The largest absolute Gasteiger partial charge is 0.456 e. The first kappa shape index (κ1) is 13.6. The SMILES string of the molecule is CCc1cccc(Oc2cncc(CC(C)N)c2)c1. The van der Waals surface area contributed by atoms with Crippen molar-refractivity contribution in [3.63, 3.8) is 0 Å². The first-order valence-electron chi connectivity index (χ1n) is 6.63. The van der Waals surface area contributed by atoms with Gasteiger partial charge in [0.1, 0.15) is 11.5 Å². The highest BCUT2D eigenvalue weighted by Crippen LogP contribution is 2.22. The predicted octanol–water partition coefficient (Wildman–Crippen LogP) is 3.33.